The quantitative estimate of drug-likeness (QED) is 0.814. The highest BCUT2D eigenvalue weighted by atomic mass is 19.2. The molecule has 0 spiro atoms. The van der Waals surface area contributed by atoms with Crippen LogP contribution in [-0.2, 0) is 11.2 Å². The highest BCUT2D eigenvalue weighted by Gasteiger charge is 2.11. The molecule has 84 valence electrons. The number of ether oxygens (including phenoxy) is 1. The molecule has 1 aromatic carbocycles. The molecule has 0 aromatic heterocycles. The molecule has 1 atom stereocenters. The molecular formula is C11H14F2O2. The van der Waals surface area contributed by atoms with Crippen LogP contribution in [0.1, 0.15) is 12.0 Å². The zero-order valence-electron chi connectivity index (χ0n) is 8.54. The van der Waals surface area contributed by atoms with Gasteiger partial charge in [-0.25, -0.2) is 8.78 Å². The lowest BCUT2D eigenvalue weighted by Gasteiger charge is -2.10. The number of aliphatic hydroxyl groups excluding tert-OH is 1. The summed E-state index contributed by atoms with van der Waals surface area (Å²) in [6, 6.07) is 3.95. The summed E-state index contributed by atoms with van der Waals surface area (Å²) in [7, 11) is 1.52. The zero-order valence-corrected chi connectivity index (χ0v) is 8.54. The van der Waals surface area contributed by atoms with E-state index in [2.05, 4.69) is 0 Å². The predicted molar refractivity (Wildman–Crippen MR) is 52.6 cm³/mol. The standard InChI is InChI=1S/C11H14F2O2/c1-15-6-5-9(14)7-8-3-2-4-10(12)11(8)13/h2-4,9,14H,5-7H2,1H3. The minimum atomic E-state index is -0.883. The molecule has 0 aliphatic heterocycles. The SMILES string of the molecule is COCCC(O)Cc1cccc(F)c1F. The topological polar surface area (TPSA) is 29.5 Å². The Hall–Kier alpha value is -1.00. The molecule has 0 aliphatic carbocycles. The van der Waals surface area contributed by atoms with Crippen LogP contribution >= 0.6 is 0 Å². The minimum Gasteiger partial charge on any atom is -0.393 e. The van der Waals surface area contributed by atoms with Gasteiger partial charge in [0.1, 0.15) is 0 Å². The molecule has 1 rings (SSSR count). The molecule has 1 N–H and O–H groups in total. The van der Waals surface area contributed by atoms with Crippen LogP contribution in [0.5, 0.6) is 0 Å². The molecule has 0 aliphatic rings. The Morgan fingerprint density at radius 3 is 2.80 bits per heavy atom. The lowest BCUT2D eigenvalue weighted by atomic mass is 10.1. The van der Waals surface area contributed by atoms with Gasteiger partial charge in [-0.05, 0) is 18.1 Å². The fraction of sp³-hybridized carbons (Fsp3) is 0.455. The molecule has 1 unspecified atom stereocenters. The van der Waals surface area contributed by atoms with Crippen LogP contribution in [0, 0.1) is 11.6 Å². The van der Waals surface area contributed by atoms with E-state index in [1.54, 1.807) is 0 Å². The van der Waals surface area contributed by atoms with E-state index >= 15 is 0 Å². The highest BCUT2D eigenvalue weighted by molar-refractivity contribution is 5.19. The third kappa shape index (κ3) is 3.57. The normalized spacial score (nSPS) is 12.8. The molecule has 15 heavy (non-hydrogen) atoms. The van der Waals surface area contributed by atoms with Gasteiger partial charge in [0.2, 0.25) is 0 Å². The highest BCUT2D eigenvalue weighted by Crippen LogP contribution is 2.14. The number of rotatable bonds is 5. The van der Waals surface area contributed by atoms with E-state index in [-0.39, 0.29) is 12.0 Å². The monoisotopic (exact) mass is 216 g/mol. The van der Waals surface area contributed by atoms with Crippen molar-refractivity contribution in [3.63, 3.8) is 0 Å². The first-order valence-corrected chi connectivity index (χ1v) is 4.75. The second kappa shape index (κ2) is 5.78. The van der Waals surface area contributed by atoms with E-state index in [4.69, 9.17) is 4.74 Å². The second-order valence-electron chi connectivity index (χ2n) is 3.35. The fourth-order valence-electron chi connectivity index (χ4n) is 1.32. The Morgan fingerprint density at radius 2 is 2.13 bits per heavy atom. The minimum absolute atomic E-state index is 0.104. The van der Waals surface area contributed by atoms with Gasteiger partial charge in [0.15, 0.2) is 11.6 Å². The van der Waals surface area contributed by atoms with Crippen LogP contribution in [0.3, 0.4) is 0 Å². The molecule has 0 heterocycles. The molecule has 0 amide bonds. The van der Waals surface area contributed by atoms with Gasteiger partial charge in [-0.1, -0.05) is 12.1 Å². The Labute approximate surface area is 87.5 Å². The summed E-state index contributed by atoms with van der Waals surface area (Å²) in [5.41, 5.74) is 0.193. The third-order valence-corrected chi connectivity index (χ3v) is 2.14. The first kappa shape index (κ1) is 12.1. The summed E-state index contributed by atoms with van der Waals surface area (Å²) < 4.78 is 30.7. The average molecular weight is 216 g/mol. The molecule has 0 saturated carbocycles. The summed E-state index contributed by atoms with van der Waals surface area (Å²) in [5.74, 6) is -1.76. The number of halogens is 2. The van der Waals surface area contributed by atoms with Gasteiger partial charge >= 0.3 is 0 Å². The van der Waals surface area contributed by atoms with Crippen molar-refractivity contribution in [2.24, 2.45) is 0 Å². The van der Waals surface area contributed by atoms with Crippen molar-refractivity contribution in [1.82, 2.24) is 0 Å². The second-order valence-corrected chi connectivity index (χ2v) is 3.35. The van der Waals surface area contributed by atoms with Crippen molar-refractivity contribution in [3.05, 3.63) is 35.4 Å². The van der Waals surface area contributed by atoms with E-state index in [0.717, 1.165) is 6.07 Å². The zero-order chi connectivity index (χ0) is 11.3. The van der Waals surface area contributed by atoms with Gasteiger partial charge in [0.25, 0.3) is 0 Å². The van der Waals surface area contributed by atoms with Crippen LogP contribution in [0.15, 0.2) is 18.2 Å². The molecular weight excluding hydrogens is 202 g/mol. The van der Waals surface area contributed by atoms with E-state index in [1.807, 2.05) is 0 Å². The summed E-state index contributed by atoms with van der Waals surface area (Å²) in [4.78, 5) is 0. The van der Waals surface area contributed by atoms with Gasteiger partial charge in [-0.3, -0.25) is 0 Å². The Balaban J connectivity index is 2.60. The summed E-state index contributed by atoms with van der Waals surface area (Å²) in [6.45, 7) is 0.401. The van der Waals surface area contributed by atoms with Crippen LogP contribution in [0.2, 0.25) is 0 Å². The number of methoxy groups -OCH3 is 1. The molecule has 2 nitrogen and oxygen atoms in total. The summed E-state index contributed by atoms with van der Waals surface area (Å²) in [6.07, 6.45) is -0.194. The Bertz CT molecular complexity index is 315. The Morgan fingerprint density at radius 1 is 1.40 bits per heavy atom. The van der Waals surface area contributed by atoms with Crippen molar-refractivity contribution in [1.29, 1.82) is 0 Å². The van der Waals surface area contributed by atoms with Crippen LogP contribution in [0.25, 0.3) is 0 Å². The van der Waals surface area contributed by atoms with Crippen LogP contribution in [-0.4, -0.2) is 24.9 Å². The predicted octanol–water partition coefficient (Wildman–Crippen LogP) is 1.90. The number of hydrogen-bond donors (Lipinski definition) is 1. The number of hydrogen-bond acceptors (Lipinski definition) is 2. The lowest BCUT2D eigenvalue weighted by molar-refractivity contribution is 0.109. The lowest BCUT2D eigenvalue weighted by Crippen LogP contribution is -2.14. The molecule has 1 aromatic rings. The van der Waals surface area contributed by atoms with Crippen molar-refractivity contribution in [2.75, 3.05) is 13.7 Å². The van der Waals surface area contributed by atoms with E-state index in [0.29, 0.717) is 13.0 Å². The smallest absolute Gasteiger partial charge is 0.162 e. The van der Waals surface area contributed by atoms with Gasteiger partial charge in [-0.15, -0.1) is 0 Å². The molecule has 0 radical (unpaired) electrons. The van der Waals surface area contributed by atoms with E-state index < -0.39 is 17.7 Å². The van der Waals surface area contributed by atoms with Gasteiger partial charge < -0.3 is 9.84 Å². The molecule has 0 saturated heterocycles. The van der Waals surface area contributed by atoms with Crippen molar-refractivity contribution >= 4 is 0 Å². The van der Waals surface area contributed by atoms with Crippen molar-refractivity contribution < 1.29 is 18.6 Å². The summed E-state index contributed by atoms with van der Waals surface area (Å²) >= 11 is 0. The van der Waals surface area contributed by atoms with E-state index in [1.165, 1.54) is 19.2 Å². The fourth-order valence-corrected chi connectivity index (χ4v) is 1.32. The molecule has 0 fully saturated rings. The van der Waals surface area contributed by atoms with Gasteiger partial charge in [0, 0.05) is 20.1 Å². The first-order valence-electron chi connectivity index (χ1n) is 4.75. The summed E-state index contributed by atoms with van der Waals surface area (Å²) in [5, 5.41) is 9.48. The number of benzene rings is 1. The first-order chi connectivity index (χ1) is 7.15. The maximum Gasteiger partial charge on any atom is 0.162 e. The van der Waals surface area contributed by atoms with E-state index in [9.17, 15) is 13.9 Å². The largest absolute Gasteiger partial charge is 0.393 e. The average Bonchev–Trinajstić information content (AvgIpc) is 2.22. The molecule has 0 bridgehead atoms. The Kier molecular flexibility index (Phi) is 4.65. The third-order valence-electron chi connectivity index (χ3n) is 2.14. The number of aliphatic hydroxyl groups is 1. The van der Waals surface area contributed by atoms with Crippen LogP contribution < -0.4 is 0 Å². The van der Waals surface area contributed by atoms with Crippen molar-refractivity contribution in [2.45, 2.75) is 18.9 Å². The maximum atomic E-state index is 13.2. The molecule has 4 heteroatoms. The van der Waals surface area contributed by atoms with Gasteiger partial charge in [0.05, 0.1) is 6.10 Å². The maximum absolute atomic E-state index is 13.2. The van der Waals surface area contributed by atoms with Gasteiger partial charge in [-0.2, -0.15) is 0 Å². The van der Waals surface area contributed by atoms with Crippen molar-refractivity contribution in [3.8, 4) is 0 Å². The van der Waals surface area contributed by atoms with Crippen LogP contribution in [0.4, 0.5) is 8.78 Å².